The Morgan fingerprint density at radius 2 is 1.60 bits per heavy atom. The first-order chi connectivity index (χ1) is 11.4. The normalized spacial score (nSPS) is 22.8. The molecule has 25 heavy (non-hydrogen) atoms. The third-order valence-electron chi connectivity index (χ3n) is 3.70. The van der Waals surface area contributed by atoms with Gasteiger partial charge >= 0.3 is 18.2 Å². The van der Waals surface area contributed by atoms with E-state index < -0.39 is 35.9 Å². The molecule has 1 amide bonds. The molecule has 0 aromatic heterocycles. The molecular weight excluding hydrogens is 341 g/mol. The third-order valence-corrected chi connectivity index (χ3v) is 3.70. The van der Waals surface area contributed by atoms with E-state index in [1.807, 2.05) is 0 Å². The van der Waals surface area contributed by atoms with Crippen LogP contribution in [0, 0.1) is 0 Å². The van der Waals surface area contributed by atoms with E-state index >= 15 is 0 Å². The Balaban J connectivity index is 2.49. The number of ether oxygens (including phenoxy) is 2. The second-order valence-corrected chi connectivity index (χ2v) is 7.09. The molecule has 0 bridgehead atoms. The number of halogens is 3. The van der Waals surface area contributed by atoms with Crippen molar-refractivity contribution >= 4 is 12.1 Å². The quantitative estimate of drug-likeness (QED) is 0.730. The number of nitrogens with one attached hydrogen (secondary N) is 2. The molecule has 1 saturated carbocycles. The van der Waals surface area contributed by atoms with E-state index in [1.165, 1.54) is 6.92 Å². The van der Waals surface area contributed by atoms with Crippen LogP contribution in [0.2, 0.25) is 0 Å². The number of esters is 1. The number of rotatable bonds is 5. The van der Waals surface area contributed by atoms with Crippen LogP contribution >= 0.6 is 0 Å². The van der Waals surface area contributed by atoms with Crippen molar-refractivity contribution in [3.63, 3.8) is 0 Å². The Labute approximate surface area is 145 Å². The van der Waals surface area contributed by atoms with E-state index in [4.69, 9.17) is 4.74 Å². The zero-order valence-corrected chi connectivity index (χ0v) is 15.0. The summed E-state index contributed by atoms with van der Waals surface area (Å²) in [5, 5.41) is 5.07. The lowest BCUT2D eigenvalue weighted by atomic mass is 9.90. The van der Waals surface area contributed by atoms with E-state index in [9.17, 15) is 22.8 Å². The van der Waals surface area contributed by atoms with Gasteiger partial charge in [-0.15, -0.1) is 0 Å². The van der Waals surface area contributed by atoms with Gasteiger partial charge in [-0.05, 0) is 53.4 Å². The lowest BCUT2D eigenvalue weighted by Gasteiger charge is -2.32. The van der Waals surface area contributed by atoms with Gasteiger partial charge < -0.3 is 14.8 Å². The average Bonchev–Trinajstić information content (AvgIpc) is 2.43. The van der Waals surface area contributed by atoms with Gasteiger partial charge in [-0.2, -0.15) is 13.2 Å². The van der Waals surface area contributed by atoms with Crippen molar-refractivity contribution in [2.24, 2.45) is 0 Å². The van der Waals surface area contributed by atoms with Gasteiger partial charge in [-0.3, -0.25) is 5.32 Å². The van der Waals surface area contributed by atoms with Crippen LogP contribution in [0.25, 0.3) is 0 Å². The summed E-state index contributed by atoms with van der Waals surface area (Å²) < 4.78 is 48.7. The van der Waals surface area contributed by atoms with Gasteiger partial charge in [-0.25, -0.2) is 9.59 Å². The van der Waals surface area contributed by atoms with Crippen LogP contribution in [0.15, 0.2) is 0 Å². The lowest BCUT2D eigenvalue weighted by molar-refractivity contribution is -0.185. The average molecular weight is 368 g/mol. The third kappa shape index (κ3) is 7.94. The molecule has 2 N–H and O–H groups in total. The summed E-state index contributed by atoms with van der Waals surface area (Å²) in [7, 11) is 0. The van der Waals surface area contributed by atoms with E-state index in [0.29, 0.717) is 25.7 Å². The van der Waals surface area contributed by atoms with Crippen LogP contribution in [0.5, 0.6) is 0 Å². The van der Waals surface area contributed by atoms with Crippen molar-refractivity contribution in [3.8, 4) is 0 Å². The predicted molar refractivity (Wildman–Crippen MR) is 85.0 cm³/mol. The molecule has 1 aliphatic rings. The molecule has 1 unspecified atom stereocenters. The molecule has 0 aromatic carbocycles. The Hall–Kier alpha value is -1.51. The SMILES string of the molecule is CCOC(=O)C(NC1CCC(NC(=O)OC(C)(C)C)CC1)C(F)(F)F. The number of hydrogen-bond donors (Lipinski definition) is 2. The minimum atomic E-state index is -4.71. The molecule has 1 fully saturated rings. The van der Waals surface area contributed by atoms with Crippen LogP contribution in [-0.4, -0.2) is 48.6 Å². The van der Waals surface area contributed by atoms with Gasteiger partial charge in [0.25, 0.3) is 0 Å². The Bertz CT molecular complexity index is 455. The second kappa shape index (κ2) is 8.73. The maximum atomic E-state index is 13.0. The highest BCUT2D eigenvalue weighted by atomic mass is 19.4. The van der Waals surface area contributed by atoms with E-state index in [-0.39, 0.29) is 12.6 Å². The second-order valence-electron chi connectivity index (χ2n) is 7.09. The minimum absolute atomic E-state index is 0.111. The molecular formula is C16H27F3N2O4. The van der Waals surface area contributed by atoms with Crippen molar-refractivity contribution in [1.29, 1.82) is 0 Å². The standard InChI is InChI=1S/C16H27F3N2O4/c1-5-24-13(22)12(16(17,18)19)20-10-6-8-11(9-7-10)21-14(23)25-15(2,3)4/h10-12,20H,5-9H2,1-4H3,(H,21,23). The van der Waals surface area contributed by atoms with Gasteiger partial charge in [0.1, 0.15) is 5.60 Å². The van der Waals surface area contributed by atoms with Crippen LogP contribution in [0.4, 0.5) is 18.0 Å². The van der Waals surface area contributed by atoms with Crippen LogP contribution in [0.1, 0.15) is 53.4 Å². The highest BCUT2D eigenvalue weighted by Gasteiger charge is 2.47. The van der Waals surface area contributed by atoms with Gasteiger partial charge in [0.05, 0.1) is 6.61 Å². The summed E-state index contributed by atoms with van der Waals surface area (Å²) >= 11 is 0. The molecule has 0 saturated heterocycles. The zero-order valence-electron chi connectivity index (χ0n) is 15.0. The summed E-state index contributed by atoms with van der Waals surface area (Å²) in [5.74, 6) is -1.32. The number of carbonyl (C=O) groups is 2. The molecule has 0 spiro atoms. The molecule has 6 nitrogen and oxygen atoms in total. The van der Waals surface area contributed by atoms with Gasteiger partial charge in [0, 0.05) is 12.1 Å². The monoisotopic (exact) mass is 368 g/mol. The highest BCUT2D eigenvalue weighted by Crippen LogP contribution is 2.25. The number of alkyl carbamates (subject to hydrolysis) is 1. The van der Waals surface area contributed by atoms with Gasteiger partial charge in [0.15, 0.2) is 0 Å². The highest BCUT2D eigenvalue weighted by molar-refractivity contribution is 5.76. The first-order valence-corrected chi connectivity index (χ1v) is 8.41. The Kier molecular flexibility index (Phi) is 7.52. The smallest absolute Gasteiger partial charge is 0.414 e. The van der Waals surface area contributed by atoms with Crippen molar-refractivity contribution in [2.75, 3.05) is 6.61 Å². The molecule has 0 aromatic rings. The molecule has 0 aliphatic heterocycles. The number of alkyl halides is 3. The van der Waals surface area contributed by atoms with E-state index in [1.54, 1.807) is 20.8 Å². The summed E-state index contributed by atoms with van der Waals surface area (Å²) in [6.07, 6.45) is -3.42. The molecule has 1 rings (SSSR count). The first-order valence-electron chi connectivity index (χ1n) is 8.41. The largest absolute Gasteiger partial charge is 0.465 e. The molecule has 9 heteroatoms. The van der Waals surface area contributed by atoms with E-state index in [0.717, 1.165) is 0 Å². The van der Waals surface area contributed by atoms with Crippen molar-refractivity contribution in [2.45, 2.75) is 83.3 Å². The summed E-state index contributed by atoms with van der Waals surface area (Å²) in [6.45, 7) is 6.60. The number of hydrogen-bond acceptors (Lipinski definition) is 5. The summed E-state index contributed by atoms with van der Waals surface area (Å²) in [5.41, 5.74) is -0.609. The Morgan fingerprint density at radius 1 is 1.08 bits per heavy atom. The van der Waals surface area contributed by atoms with Gasteiger partial charge in [-0.1, -0.05) is 0 Å². The summed E-state index contributed by atoms with van der Waals surface area (Å²) in [6, 6.07) is -2.94. The topological polar surface area (TPSA) is 76.7 Å². The van der Waals surface area contributed by atoms with Crippen molar-refractivity contribution in [3.05, 3.63) is 0 Å². The minimum Gasteiger partial charge on any atom is -0.465 e. The fourth-order valence-corrected chi connectivity index (χ4v) is 2.64. The number of carbonyl (C=O) groups excluding carboxylic acids is 2. The van der Waals surface area contributed by atoms with Gasteiger partial charge in [0.2, 0.25) is 6.04 Å². The molecule has 1 aliphatic carbocycles. The maximum absolute atomic E-state index is 13.0. The predicted octanol–water partition coefficient (Wildman–Crippen LogP) is 2.91. The fourth-order valence-electron chi connectivity index (χ4n) is 2.64. The van der Waals surface area contributed by atoms with Crippen molar-refractivity contribution < 1.29 is 32.2 Å². The number of amides is 1. The molecule has 0 heterocycles. The van der Waals surface area contributed by atoms with Crippen LogP contribution in [0.3, 0.4) is 0 Å². The summed E-state index contributed by atoms with van der Waals surface area (Å²) in [4.78, 5) is 23.2. The molecule has 0 radical (unpaired) electrons. The van der Waals surface area contributed by atoms with Crippen molar-refractivity contribution in [1.82, 2.24) is 10.6 Å². The first kappa shape index (κ1) is 21.5. The van der Waals surface area contributed by atoms with Crippen LogP contribution in [-0.2, 0) is 14.3 Å². The lowest BCUT2D eigenvalue weighted by Crippen LogP contribution is -2.54. The molecule has 146 valence electrons. The fraction of sp³-hybridized carbons (Fsp3) is 0.875. The molecule has 1 atom stereocenters. The van der Waals surface area contributed by atoms with Crippen LogP contribution < -0.4 is 10.6 Å². The zero-order chi connectivity index (χ0) is 19.3. The van der Waals surface area contributed by atoms with E-state index in [2.05, 4.69) is 15.4 Å². The Morgan fingerprint density at radius 3 is 2.04 bits per heavy atom. The maximum Gasteiger partial charge on any atom is 0.414 e.